The predicted molar refractivity (Wildman–Crippen MR) is 82.3 cm³/mol. The molecule has 0 saturated heterocycles. The van der Waals surface area contributed by atoms with Gasteiger partial charge in [0.05, 0.1) is 0 Å². The smallest absolute Gasteiger partial charge is 0.290 e. The molecule has 106 valence electrons. The molecule has 0 aliphatic rings. The summed E-state index contributed by atoms with van der Waals surface area (Å²) in [6.07, 6.45) is 0. The summed E-state index contributed by atoms with van der Waals surface area (Å²) in [4.78, 5) is 14.2. The van der Waals surface area contributed by atoms with Gasteiger partial charge < -0.3 is 15.1 Å². The molecule has 2 N–H and O–H groups in total. The highest BCUT2D eigenvalue weighted by atomic mass is 79.9. The van der Waals surface area contributed by atoms with Crippen LogP contribution in [0.15, 0.2) is 45.5 Å². The van der Waals surface area contributed by atoms with Gasteiger partial charge >= 0.3 is 0 Å². The van der Waals surface area contributed by atoms with Crippen LogP contribution in [-0.4, -0.2) is 16.8 Å². The van der Waals surface area contributed by atoms with Crippen molar-refractivity contribution < 1.29 is 9.21 Å². The van der Waals surface area contributed by atoms with E-state index in [1.54, 1.807) is 17.0 Å². The van der Waals surface area contributed by atoms with Crippen molar-refractivity contribution in [3.63, 3.8) is 0 Å². The highest BCUT2D eigenvalue weighted by Crippen LogP contribution is 2.19. The fourth-order valence-electron chi connectivity index (χ4n) is 1.88. The normalized spacial score (nSPS) is 10.8. The predicted octanol–water partition coefficient (Wildman–Crippen LogP) is 3.68. The molecule has 20 heavy (non-hydrogen) atoms. The lowest BCUT2D eigenvalue weighted by Gasteiger charge is -2.26. The first kappa shape index (κ1) is 14.7. The van der Waals surface area contributed by atoms with Gasteiger partial charge in [-0.2, -0.15) is 0 Å². The largest absolute Gasteiger partial charge is 0.444 e. The minimum absolute atomic E-state index is 0.0731. The Bertz CT molecular complexity index is 590. The number of carbonyl (C=O) groups is 1. The van der Waals surface area contributed by atoms with E-state index in [0.29, 0.717) is 22.7 Å². The number of carbonyl (C=O) groups excluding carboxylic acids is 1. The standard InChI is InChI=1S/C15H17BrN2O2/c1-10(2)18(9-11-3-5-12(17)6-4-11)15(19)13-7-8-14(16)20-13/h3-8,10H,9,17H2,1-2H3. The molecule has 5 heteroatoms. The molecule has 0 saturated carbocycles. The minimum Gasteiger partial charge on any atom is -0.444 e. The van der Waals surface area contributed by atoms with E-state index in [0.717, 1.165) is 5.56 Å². The zero-order chi connectivity index (χ0) is 14.7. The molecule has 0 atom stereocenters. The number of nitrogens with zero attached hydrogens (tertiary/aromatic N) is 1. The lowest BCUT2D eigenvalue weighted by atomic mass is 10.1. The SMILES string of the molecule is CC(C)N(Cc1ccc(N)cc1)C(=O)c1ccc(Br)o1. The fraction of sp³-hybridized carbons (Fsp3) is 0.267. The number of hydrogen-bond acceptors (Lipinski definition) is 3. The third kappa shape index (κ3) is 3.42. The molecule has 1 aromatic carbocycles. The Hall–Kier alpha value is -1.75. The second kappa shape index (κ2) is 6.13. The van der Waals surface area contributed by atoms with Gasteiger partial charge in [0.25, 0.3) is 5.91 Å². The van der Waals surface area contributed by atoms with Crippen LogP contribution in [0.3, 0.4) is 0 Å². The molecule has 1 aromatic heterocycles. The molecular weight excluding hydrogens is 320 g/mol. The Kier molecular flexibility index (Phi) is 4.49. The lowest BCUT2D eigenvalue weighted by molar-refractivity contribution is 0.0656. The number of rotatable bonds is 4. The Balaban J connectivity index is 2.19. The zero-order valence-corrected chi connectivity index (χ0v) is 13.1. The molecule has 4 nitrogen and oxygen atoms in total. The number of nitrogen functional groups attached to an aromatic ring is 1. The molecule has 2 rings (SSSR count). The molecule has 1 heterocycles. The maximum absolute atomic E-state index is 12.5. The number of amides is 1. The Labute approximate surface area is 126 Å². The second-order valence-corrected chi connectivity index (χ2v) is 5.65. The van der Waals surface area contributed by atoms with E-state index in [1.807, 2.05) is 38.1 Å². The summed E-state index contributed by atoms with van der Waals surface area (Å²) in [7, 11) is 0. The highest BCUT2D eigenvalue weighted by molar-refractivity contribution is 9.10. The van der Waals surface area contributed by atoms with Crippen LogP contribution in [0.5, 0.6) is 0 Å². The number of benzene rings is 1. The van der Waals surface area contributed by atoms with Crippen molar-refractivity contribution >= 4 is 27.5 Å². The molecule has 2 aromatic rings. The van der Waals surface area contributed by atoms with Crippen LogP contribution >= 0.6 is 15.9 Å². The summed E-state index contributed by atoms with van der Waals surface area (Å²) in [5, 5.41) is 0. The topological polar surface area (TPSA) is 59.5 Å². The summed E-state index contributed by atoms with van der Waals surface area (Å²) in [5.74, 6) is 0.212. The van der Waals surface area contributed by atoms with Crippen LogP contribution in [0.1, 0.15) is 30.0 Å². The molecule has 0 unspecified atom stereocenters. The summed E-state index contributed by atoms with van der Waals surface area (Å²) in [5.41, 5.74) is 7.42. The molecule has 0 aliphatic carbocycles. The fourth-order valence-corrected chi connectivity index (χ4v) is 2.19. The van der Waals surface area contributed by atoms with Gasteiger partial charge in [0.2, 0.25) is 0 Å². The van der Waals surface area contributed by atoms with E-state index < -0.39 is 0 Å². The van der Waals surface area contributed by atoms with Crippen LogP contribution < -0.4 is 5.73 Å². The first-order valence-corrected chi connectivity index (χ1v) is 7.17. The van der Waals surface area contributed by atoms with Crippen molar-refractivity contribution in [1.82, 2.24) is 4.90 Å². The van der Waals surface area contributed by atoms with Crippen LogP contribution in [0, 0.1) is 0 Å². The Morgan fingerprint density at radius 1 is 1.25 bits per heavy atom. The van der Waals surface area contributed by atoms with Gasteiger partial charge in [0.15, 0.2) is 10.4 Å². The molecule has 1 amide bonds. The monoisotopic (exact) mass is 336 g/mol. The summed E-state index contributed by atoms with van der Waals surface area (Å²) in [6.45, 7) is 4.48. The number of anilines is 1. The molecular formula is C15H17BrN2O2. The quantitative estimate of drug-likeness (QED) is 0.866. The van der Waals surface area contributed by atoms with Gasteiger partial charge in [-0.3, -0.25) is 4.79 Å². The summed E-state index contributed by atoms with van der Waals surface area (Å²) in [6, 6.07) is 11.0. The first-order chi connectivity index (χ1) is 9.47. The van der Waals surface area contributed by atoms with E-state index in [9.17, 15) is 4.79 Å². The van der Waals surface area contributed by atoms with E-state index in [-0.39, 0.29) is 11.9 Å². The van der Waals surface area contributed by atoms with Gasteiger partial charge in [-0.15, -0.1) is 0 Å². The van der Waals surface area contributed by atoms with Crippen LogP contribution in [-0.2, 0) is 6.54 Å². The number of nitrogens with two attached hydrogens (primary N) is 1. The maximum atomic E-state index is 12.5. The van der Waals surface area contributed by atoms with Crippen molar-refractivity contribution in [2.45, 2.75) is 26.4 Å². The van der Waals surface area contributed by atoms with Crippen molar-refractivity contribution in [3.8, 4) is 0 Å². The first-order valence-electron chi connectivity index (χ1n) is 6.38. The minimum atomic E-state index is -0.123. The molecule has 0 spiro atoms. The highest BCUT2D eigenvalue weighted by Gasteiger charge is 2.21. The molecule has 0 radical (unpaired) electrons. The van der Waals surface area contributed by atoms with E-state index in [4.69, 9.17) is 10.2 Å². The van der Waals surface area contributed by atoms with Gasteiger partial charge in [-0.25, -0.2) is 0 Å². The van der Waals surface area contributed by atoms with Gasteiger partial charge in [0, 0.05) is 18.3 Å². The van der Waals surface area contributed by atoms with Crippen molar-refractivity contribution in [3.05, 3.63) is 52.4 Å². The van der Waals surface area contributed by atoms with Crippen molar-refractivity contribution in [2.75, 3.05) is 5.73 Å². The van der Waals surface area contributed by atoms with Crippen LogP contribution in [0.25, 0.3) is 0 Å². The van der Waals surface area contributed by atoms with Gasteiger partial charge in [0.1, 0.15) is 0 Å². The maximum Gasteiger partial charge on any atom is 0.290 e. The van der Waals surface area contributed by atoms with Crippen molar-refractivity contribution in [1.29, 1.82) is 0 Å². The Morgan fingerprint density at radius 3 is 2.40 bits per heavy atom. The van der Waals surface area contributed by atoms with Gasteiger partial charge in [-0.1, -0.05) is 12.1 Å². The summed E-state index contributed by atoms with van der Waals surface area (Å²) < 4.78 is 5.89. The second-order valence-electron chi connectivity index (χ2n) is 4.87. The molecule has 0 aliphatic heterocycles. The lowest BCUT2D eigenvalue weighted by Crippen LogP contribution is -2.36. The summed E-state index contributed by atoms with van der Waals surface area (Å²) >= 11 is 3.21. The Morgan fingerprint density at radius 2 is 1.90 bits per heavy atom. The van der Waals surface area contributed by atoms with Crippen LogP contribution in [0.4, 0.5) is 5.69 Å². The average Bonchev–Trinajstić information content (AvgIpc) is 2.83. The van der Waals surface area contributed by atoms with E-state index in [2.05, 4.69) is 15.9 Å². The number of hydrogen-bond donors (Lipinski definition) is 1. The third-order valence-electron chi connectivity index (χ3n) is 3.00. The van der Waals surface area contributed by atoms with Gasteiger partial charge in [-0.05, 0) is 59.6 Å². The number of halogens is 1. The van der Waals surface area contributed by atoms with E-state index >= 15 is 0 Å². The van der Waals surface area contributed by atoms with Crippen LogP contribution in [0.2, 0.25) is 0 Å². The number of furan rings is 1. The molecule has 0 bridgehead atoms. The molecule has 0 fully saturated rings. The van der Waals surface area contributed by atoms with E-state index in [1.165, 1.54) is 0 Å². The zero-order valence-electron chi connectivity index (χ0n) is 11.5. The third-order valence-corrected chi connectivity index (χ3v) is 3.43. The van der Waals surface area contributed by atoms with Crippen molar-refractivity contribution in [2.24, 2.45) is 0 Å². The average molecular weight is 337 g/mol.